The zero-order chi connectivity index (χ0) is 31.4. The number of fused-ring (bicyclic) bond motifs is 1. The van der Waals surface area contributed by atoms with Crippen LogP contribution in [0.15, 0.2) is 65.8 Å². The number of anilines is 1. The maximum atomic E-state index is 13.7. The molecule has 232 valence electrons. The molecule has 1 aromatic heterocycles. The second-order valence-electron chi connectivity index (χ2n) is 10.5. The van der Waals surface area contributed by atoms with Crippen LogP contribution in [-0.2, 0) is 16.6 Å². The predicted molar refractivity (Wildman–Crippen MR) is 170 cm³/mol. The zero-order valence-electron chi connectivity index (χ0n) is 24.6. The molecule has 0 radical (unpaired) electrons. The molecule has 0 atom stereocenters. The molecule has 11 nitrogen and oxygen atoms in total. The van der Waals surface area contributed by atoms with Crippen molar-refractivity contribution in [3.8, 4) is 5.75 Å². The highest BCUT2D eigenvalue weighted by Gasteiger charge is 2.30. The van der Waals surface area contributed by atoms with Gasteiger partial charge in [-0.2, -0.15) is 4.31 Å². The SMILES string of the molecule is CCCOc1ccc(S(=O)(=O)N2CCN(CC)CC2)cc1C(=O)Nc1cc2ncn(Cc3ccccc3Cl)c2cc1C(N)=O. The summed E-state index contributed by atoms with van der Waals surface area (Å²) in [6, 6.07) is 14.8. The Morgan fingerprint density at radius 1 is 1.02 bits per heavy atom. The highest BCUT2D eigenvalue weighted by molar-refractivity contribution is 7.89. The first-order valence-electron chi connectivity index (χ1n) is 14.4. The number of ether oxygens (including phenoxy) is 1. The standard InChI is InChI=1S/C31H35ClN6O5S/c1-3-15-43-29-10-9-22(44(41,42)38-13-11-36(4-2)12-14-38)16-24(29)31(40)35-26-18-27-28(17-23(26)30(33)39)37(20-34-27)19-21-7-5-6-8-25(21)32/h5-10,16-18,20H,3-4,11-15,19H2,1-2H3,(H2,33,39)(H,35,40). The number of hydrogen-bond acceptors (Lipinski definition) is 7. The number of piperazine rings is 1. The van der Waals surface area contributed by atoms with E-state index in [4.69, 9.17) is 22.1 Å². The summed E-state index contributed by atoms with van der Waals surface area (Å²) in [6.07, 6.45) is 2.30. The van der Waals surface area contributed by atoms with Crippen LogP contribution < -0.4 is 15.8 Å². The Bertz CT molecular complexity index is 1800. The first-order valence-corrected chi connectivity index (χ1v) is 16.3. The summed E-state index contributed by atoms with van der Waals surface area (Å²) < 4.78 is 36.2. The number of rotatable bonds is 11. The Kier molecular flexibility index (Phi) is 9.54. The van der Waals surface area contributed by atoms with Gasteiger partial charge in [0.2, 0.25) is 10.0 Å². The summed E-state index contributed by atoms with van der Waals surface area (Å²) in [7, 11) is -3.86. The van der Waals surface area contributed by atoms with Gasteiger partial charge in [-0.1, -0.05) is 43.6 Å². The van der Waals surface area contributed by atoms with Gasteiger partial charge in [-0.05, 0) is 54.9 Å². The molecule has 5 rings (SSSR count). The molecule has 2 heterocycles. The minimum absolute atomic E-state index is 0.0136. The third-order valence-electron chi connectivity index (χ3n) is 7.65. The van der Waals surface area contributed by atoms with E-state index in [9.17, 15) is 18.0 Å². The third-order valence-corrected chi connectivity index (χ3v) is 9.91. The molecule has 1 aliphatic rings. The molecule has 44 heavy (non-hydrogen) atoms. The Balaban J connectivity index is 1.47. The zero-order valence-corrected chi connectivity index (χ0v) is 26.2. The van der Waals surface area contributed by atoms with Crippen LogP contribution >= 0.6 is 11.6 Å². The van der Waals surface area contributed by atoms with E-state index >= 15 is 0 Å². The van der Waals surface area contributed by atoms with Crippen molar-refractivity contribution in [3.63, 3.8) is 0 Å². The van der Waals surface area contributed by atoms with Gasteiger partial charge >= 0.3 is 0 Å². The average Bonchev–Trinajstić information content (AvgIpc) is 3.41. The molecule has 1 saturated heterocycles. The normalized spacial score (nSPS) is 14.5. The largest absolute Gasteiger partial charge is 0.493 e. The van der Waals surface area contributed by atoms with Crippen LogP contribution in [0.2, 0.25) is 5.02 Å². The van der Waals surface area contributed by atoms with Crippen LogP contribution in [0, 0.1) is 0 Å². The highest BCUT2D eigenvalue weighted by atomic mass is 35.5. The van der Waals surface area contributed by atoms with E-state index in [-0.39, 0.29) is 27.5 Å². The van der Waals surface area contributed by atoms with E-state index < -0.39 is 21.8 Å². The first-order chi connectivity index (χ1) is 21.1. The maximum absolute atomic E-state index is 13.7. The molecule has 2 amide bonds. The van der Waals surface area contributed by atoms with Crippen LogP contribution in [-0.4, -0.2) is 78.3 Å². The van der Waals surface area contributed by atoms with Crippen molar-refractivity contribution in [1.29, 1.82) is 0 Å². The van der Waals surface area contributed by atoms with Crippen LogP contribution in [0.5, 0.6) is 5.75 Å². The van der Waals surface area contributed by atoms with Crippen LogP contribution in [0.25, 0.3) is 11.0 Å². The highest BCUT2D eigenvalue weighted by Crippen LogP contribution is 2.29. The Labute approximate surface area is 261 Å². The van der Waals surface area contributed by atoms with Gasteiger partial charge in [0, 0.05) is 31.2 Å². The number of nitrogens with zero attached hydrogens (tertiary/aromatic N) is 4. The number of nitrogens with one attached hydrogen (secondary N) is 1. The van der Waals surface area contributed by atoms with E-state index in [1.54, 1.807) is 24.5 Å². The fourth-order valence-corrected chi connectivity index (χ4v) is 6.80. The summed E-state index contributed by atoms with van der Waals surface area (Å²) >= 11 is 6.35. The number of imidazole rings is 1. The molecule has 1 fully saturated rings. The number of halogens is 1. The van der Waals surface area contributed by atoms with Gasteiger partial charge in [0.15, 0.2) is 0 Å². The minimum atomic E-state index is -3.86. The number of nitrogens with two attached hydrogens (primary N) is 1. The molecule has 0 saturated carbocycles. The van der Waals surface area contributed by atoms with Gasteiger partial charge in [0.1, 0.15) is 5.75 Å². The lowest BCUT2D eigenvalue weighted by Crippen LogP contribution is -2.48. The molecule has 3 aromatic carbocycles. The van der Waals surface area contributed by atoms with Gasteiger partial charge in [-0.25, -0.2) is 13.4 Å². The Morgan fingerprint density at radius 2 is 1.77 bits per heavy atom. The maximum Gasteiger partial charge on any atom is 0.259 e. The molecule has 0 bridgehead atoms. The van der Waals surface area contributed by atoms with E-state index in [0.29, 0.717) is 61.8 Å². The molecule has 13 heteroatoms. The fourth-order valence-electron chi connectivity index (χ4n) is 5.16. The number of primary amides is 1. The van der Waals surface area contributed by atoms with E-state index in [0.717, 1.165) is 12.1 Å². The average molecular weight is 639 g/mol. The lowest BCUT2D eigenvalue weighted by atomic mass is 10.1. The van der Waals surface area contributed by atoms with Gasteiger partial charge < -0.3 is 25.3 Å². The molecule has 1 aliphatic heterocycles. The van der Waals surface area contributed by atoms with E-state index in [1.807, 2.05) is 36.6 Å². The van der Waals surface area contributed by atoms with E-state index in [1.165, 1.54) is 22.5 Å². The number of carbonyl (C=O) groups is 2. The van der Waals surface area contributed by atoms with Gasteiger partial charge in [-0.3, -0.25) is 9.59 Å². The molecular formula is C31H35ClN6O5S. The number of aromatic nitrogens is 2. The van der Waals surface area contributed by atoms with Crippen molar-refractivity contribution in [2.45, 2.75) is 31.7 Å². The molecular weight excluding hydrogens is 604 g/mol. The molecule has 4 aromatic rings. The minimum Gasteiger partial charge on any atom is -0.493 e. The predicted octanol–water partition coefficient (Wildman–Crippen LogP) is 4.20. The fraction of sp³-hybridized carbons (Fsp3) is 0.323. The Hall–Kier alpha value is -3.97. The second-order valence-corrected chi connectivity index (χ2v) is 12.9. The number of amides is 2. The smallest absolute Gasteiger partial charge is 0.259 e. The Morgan fingerprint density at radius 3 is 2.45 bits per heavy atom. The van der Waals surface area contributed by atoms with Crippen LogP contribution in [0.3, 0.4) is 0 Å². The number of hydrogen-bond donors (Lipinski definition) is 2. The van der Waals surface area contributed by atoms with Crippen molar-refractivity contribution >= 4 is 50.2 Å². The number of sulfonamides is 1. The van der Waals surface area contributed by atoms with E-state index in [2.05, 4.69) is 15.2 Å². The van der Waals surface area contributed by atoms with Gasteiger partial charge in [-0.15, -0.1) is 0 Å². The summed E-state index contributed by atoms with van der Waals surface area (Å²) in [5.74, 6) is -1.18. The molecule has 0 spiro atoms. The van der Waals surface area contributed by atoms with Crippen LogP contribution in [0.4, 0.5) is 5.69 Å². The van der Waals surface area contributed by atoms with Crippen molar-refractivity contribution in [3.05, 3.63) is 82.6 Å². The lowest BCUT2D eigenvalue weighted by Gasteiger charge is -2.33. The number of benzene rings is 3. The monoisotopic (exact) mass is 638 g/mol. The summed E-state index contributed by atoms with van der Waals surface area (Å²) in [5.41, 5.74) is 7.98. The lowest BCUT2D eigenvalue weighted by molar-refractivity contribution is 0.100. The number of likely N-dealkylation sites (N-methyl/N-ethyl adjacent to an activating group) is 1. The topological polar surface area (TPSA) is 140 Å². The summed E-state index contributed by atoms with van der Waals surface area (Å²) in [6.45, 7) is 7.53. The quantitative estimate of drug-likeness (QED) is 0.251. The summed E-state index contributed by atoms with van der Waals surface area (Å²) in [5, 5.41) is 3.35. The molecule has 0 unspecified atom stereocenters. The molecule has 0 aliphatic carbocycles. The van der Waals surface area contributed by atoms with Gasteiger partial charge in [0.05, 0.1) is 52.2 Å². The van der Waals surface area contributed by atoms with Crippen molar-refractivity contribution in [2.75, 3.05) is 44.6 Å². The van der Waals surface area contributed by atoms with Crippen molar-refractivity contribution in [2.24, 2.45) is 5.73 Å². The van der Waals surface area contributed by atoms with Crippen LogP contribution in [0.1, 0.15) is 46.5 Å². The second kappa shape index (κ2) is 13.3. The van der Waals surface area contributed by atoms with Crippen molar-refractivity contribution < 1.29 is 22.7 Å². The van der Waals surface area contributed by atoms with Crippen molar-refractivity contribution in [1.82, 2.24) is 18.8 Å². The molecule has 3 N–H and O–H groups in total. The van der Waals surface area contributed by atoms with Gasteiger partial charge in [0.25, 0.3) is 11.8 Å². The first kappa shape index (κ1) is 31.5. The number of carbonyl (C=O) groups excluding carboxylic acids is 2. The summed E-state index contributed by atoms with van der Waals surface area (Å²) in [4.78, 5) is 32.9. The third kappa shape index (κ3) is 6.58.